The number of nitrogens with two attached hydrogens (primary N) is 1. The summed E-state index contributed by atoms with van der Waals surface area (Å²) in [6, 6.07) is -0.298. The summed E-state index contributed by atoms with van der Waals surface area (Å²) in [6.07, 6.45) is 3.26. The van der Waals surface area contributed by atoms with Gasteiger partial charge in [-0.3, -0.25) is 10.1 Å². The van der Waals surface area contributed by atoms with Crippen LogP contribution in [0.25, 0.3) is 0 Å². The van der Waals surface area contributed by atoms with Gasteiger partial charge in [0, 0.05) is 6.61 Å². The fourth-order valence-corrected chi connectivity index (χ4v) is 1.23. The summed E-state index contributed by atoms with van der Waals surface area (Å²) in [7, 11) is 0. The first-order valence-electron chi connectivity index (χ1n) is 4.37. The van der Waals surface area contributed by atoms with Gasteiger partial charge in [0.05, 0.1) is 6.04 Å². The highest BCUT2D eigenvalue weighted by atomic mass is 16.5. The number of carbonyl (C=O) groups is 1. The molecule has 70 valence electrons. The van der Waals surface area contributed by atoms with Crippen molar-refractivity contribution in [3.8, 4) is 0 Å². The van der Waals surface area contributed by atoms with E-state index in [4.69, 9.17) is 10.5 Å². The number of amides is 1. The molecular formula is C8H16N2O2. The molecule has 1 saturated heterocycles. The summed E-state index contributed by atoms with van der Waals surface area (Å²) >= 11 is 0. The predicted molar refractivity (Wildman–Crippen MR) is 45.4 cm³/mol. The van der Waals surface area contributed by atoms with Crippen LogP contribution in [0.3, 0.4) is 0 Å². The molecule has 0 bridgehead atoms. The number of hydrogen-bond acceptors (Lipinski definition) is 3. The van der Waals surface area contributed by atoms with Crippen molar-refractivity contribution < 1.29 is 9.53 Å². The fourth-order valence-electron chi connectivity index (χ4n) is 1.23. The van der Waals surface area contributed by atoms with Gasteiger partial charge in [-0.1, -0.05) is 0 Å². The molecule has 1 aliphatic heterocycles. The van der Waals surface area contributed by atoms with Gasteiger partial charge in [-0.2, -0.15) is 0 Å². The van der Waals surface area contributed by atoms with Crippen LogP contribution in [-0.2, 0) is 9.53 Å². The monoisotopic (exact) mass is 172 g/mol. The first kappa shape index (κ1) is 9.48. The predicted octanol–water partition coefficient (Wildman–Crippen LogP) is -0.0236. The van der Waals surface area contributed by atoms with Crippen molar-refractivity contribution in [1.29, 1.82) is 0 Å². The molecule has 0 aromatic heterocycles. The highest BCUT2D eigenvalue weighted by Gasteiger charge is 2.17. The molecule has 0 aromatic rings. The fraction of sp³-hybridized carbons (Fsp3) is 0.875. The first-order valence-corrected chi connectivity index (χ1v) is 4.37. The molecule has 3 N–H and O–H groups in total. The second-order valence-corrected chi connectivity index (χ2v) is 3.15. The van der Waals surface area contributed by atoms with Crippen LogP contribution in [0.2, 0.25) is 0 Å². The largest absolute Gasteiger partial charge is 0.368 e. The minimum absolute atomic E-state index is 0.0150. The average molecular weight is 172 g/mol. The number of rotatable bonds is 3. The van der Waals surface area contributed by atoms with Crippen molar-refractivity contribution in [2.45, 2.75) is 38.5 Å². The van der Waals surface area contributed by atoms with E-state index >= 15 is 0 Å². The van der Waals surface area contributed by atoms with Gasteiger partial charge >= 0.3 is 0 Å². The molecular weight excluding hydrogens is 156 g/mol. The maximum atomic E-state index is 10.7. The van der Waals surface area contributed by atoms with Crippen LogP contribution < -0.4 is 11.1 Å². The van der Waals surface area contributed by atoms with Crippen molar-refractivity contribution in [3.63, 3.8) is 0 Å². The van der Waals surface area contributed by atoms with Crippen molar-refractivity contribution in [2.24, 2.45) is 5.73 Å². The quantitative estimate of drug-likeness (QED) is 0.628. The Morgan fingerprint density at radius 2 is 2.42 bits per heavy atom. The smallest absolute Gasteiger partial charge is 0.234 e. The van der Waals surface area contributed by atoms with Gasteiger partial charge in [-0.15, -0.1) is 0 Å². The van der Waals surface area contributed by atoms with E-state index in [0.29, 0.717) is 0 Å². The minimum Gasteiger partial charge on any atom is -0.368 e. The van der Waals surface area contributed by atoms with Gasteiger partial charge in [0.1, 0.15) is 6.23 Å². The van der Waals surface area contributed by atoms with Crippen LogP contribution in [0, 0.1) is 0 Å². The molecule has 2 atom stereocenters. The molecule has 1 fully saturated rings. The zero-order valence-corrected chi connectivity index (χ0v) is 7.38. The lowest BCUT2D eigenvalue weighted by Crippen LogP contribution is -2.46. The van der Waals surface area contributed by atoms with E-state index in [1.165, 1.54) is 0 Å². The minimum atomic E-state index is -0.329. The Morgan fingerprint density at radius 1 is 1.67 bits per heavy atom. The molecule has 4 heteroatoms. The zero-order valence-electron chi connectivity index (χ0n) is 7.38. The molecule has 0 aliphatic carbocycles. The standard InChI is InChI=1S/C8H16N2O2/c1-6(8(9)11)10-7-4-2-3-5-12-7/h6-7,10H,2-5H2,1H3,(H2,9,11)/t6-,7?/m0/s1. The summed E-state index contributed by atoms with van der Waals surface area (Å²) < 4.78 is 5.38. The van der Waals surface area contributed by atoms with Gasteiger partial charge in [-0.05, 0) is 26.2 Å². The summed E-state index contributed by atoms with van der Waals surface area (Å²) in [5, 5.41) is 3.02. The Labute approximate surface area is 72.5 Å². The molecule has 1 rings (SSSR count). The highest BCUT2D eigenvalue weighted by Crippen LogP contribution is 2.10. The SMILES string of the molecule is C[C@H](NC1CCCCO1)C(N)=O. The molecule has 0 radical (unpaired) electrons. The zero-order chi connectivity index (χ0) is 8.97. The van der Waals surface area contributed by atoms with Crippen molar-refractivity contribution in [3.05, 3.63) is 0 Å². The van der Waals surface area contributed by atoms with Crippen molar-refractivity contribution in [2.75, 3.05) is 6.61 Å². The third-order valence-corrected chi connectivity index (χ3v) is 2.04. The Balaban J connectivity index is 2.24. The van der Waals surface area contributed by atoms with Gasteiger partial charge in [0.2, 0.25) is 5.91 Å². The maximum absolute atomic E-state index is 10.7. The molecule has 0 saturated carbocycles. The number of primary amides is 1. The third-order valence-electron chi connectivity index (χ3n) is 2.04. The van der Waals surface area contributed by atoms with E-state index in [2.05, 4.69) is 5.32 Å². The third kappa shape index (κ3) is 2.79. The van der Waals surface area contributed by atoms with Crippen LogP contribution in [0.4, 0.5) is 0 Å². The molecule has 12 heavy (non-hydrogen) atoms. The molecule has 4 nitrogen and oxygen atoms in total. The molecule has 0 spiro atoms. The summed E-state index contributed by atoms with van der Waals surface area (Å²) in [6.45, 7) is 2.53. The molecule has 1 unspecified atom stereocenters. The van der Waals surface area contributed by atoms with Crippen LogP contribution in [0.1, 0.15) is 26.2 Å². The number of nitrogens with one attached hydrogen (secondary N) is 1. The summed E-state index contributed by atoms with van der Waals surface area (Å²) in [5.41, 5.74) is 5.10. The summed E-state index contributed by atoms with van der Waals surface area (Å²) in [4.78, 5) is 10.7. The topological polar surface area (TPSA) is 64.3 Å². The number of carbonyl (C=O) groups excluding carboxylic acids is 1. The van der Waals surface area contributed by atoms with Crippen LogP contribution in [0.5, 0.6) is 0 Å². The lowest BCUT2D eigenvalue weighted by atomic mass is 10.1. The first-order chi connectivity index (χ1) is 5.70. The number of hydrogen-bond donors (Lipinski definition) is 2. The van der Waals surface area contributed by atoms with Crippen LogP contribution in [0.15, 0.2) is 0 Å². The summed E-state index contributed by atoms with van der Waals surface area (Å²) in [5.74, 6) is -0.329. The van der Waals surface area contributed by atoms with Crippen LogP contribution >= 0.6 is 0 Å². The normalized spacial score (nSPS) is 26.6. The van der Waals surface area contributed by atoms with Crippen molar-refractivity contribution >= 4 is 5.91 Å². The molecule has 1 heterocycles. The lowest BCUT2D eigenvalue weighted by molar-refractivity contribution is -0.121. The highest BCUT2D eigenvalue weighted by molar-refractivity contribution is 5.79. The Bertz CT molecular complexity index is 155. The Morgan fingerprint density at radius 3 is 2.92 bits per heavy atom. The maximum Gasteiger partial charge on any atom is 0.234 e. The Hall–Kier alpha value is -0.610. The second kappa shape index (κ2) is 4.42. The average Bonchev–Trinajstić information content (AvgIpc) is 2.06. The molecule has 1 amide bonds. The second-order valence-electron chi connectivity index (χ2n) is 3.15. The molecule has 1 aliphatic rings. The van der Waals surface area contributed by atoms with E-state index in [1.54, 1.807) is 6.92 Å². The van der Waals surface area contributed by atoms with E-state index in [0.717, 1.165) is 25.9 Å². The van der Waals surface area contributed by atoms with Gasteiger partial charge < -0.3 is 10.5 Å². The van der Waals surface area contributed by atoms with Gasteiger partial charge in [0.25, 0.3) is 0 Å². The van der Waals surface area contributed by atoms with Crippen molar-refractivity contribution in [1.82, 2.24) is 5.32 Å². The van der Waals surface area contributed by atoms with Gasteiger partial charge in [0.15, 0.2) is 0 Å². The molecule has 0 aromatic carbocycles. The van der Waals surface area contributed by atoms with E-state index in [-0.39, 0.29) is 18.2 Å². The van der Waals surface area contributed by atoms with Gasteiger partial charge in [-0.25, -0.2) is 0 Å². The Kier molecular flexibility index (Phi) is 3.49. The van der Waals surface area contributed by atoms with E-state index < -0.39 is 0 Å². The van der Waals surface area contributed by atoms with E-state index in [1.807, 2.05) is 0 Å². The number of ether oxygens (including phenoxy) is 1. The lowest BCUT2D eigenvalue weighted by Gasteiger charge is -2.25. The van der Waals surface area contributed by atoms with E-state index in [9.17, 15) is 4.79 Å². The van der Waals surface area contributed by atoms with Crippen LogP contribution in [-0.4, -0.2) is 24.8 Å².